The van der Waals surface area contributed by atoms with Gasteiger partial charge in [-0.1, -0.05) is 141 Å². The third-order valence-electron chi connectivity index (χ3n) is 10.4. The molecular weight excluding hydrogens is 556 g/mol. The number of benzene rings is 8. The first kappa shape index (κ1) is 25.6. The quantitative estimate of drug-likeness (QED) is 0.184. The van der Waals surface area contributed by atoms with Crippen molar-refractivity contribution in [1.82, 2.24) is 0 Å². The van der Waals surface area contributed by atoms with Gasteiger partial charge in [-0.05, 0) is 95.0 Å². The molecule has 0 saturated carbocycles. The number of rotatable bonds is 2. The molecule has 1 heteroatoms. The minimum absolute atomic E-state index is 0.0493. The molecule has 1 nitrogen and oxygen atoms in total. The zero-order valence-electron chi connectivity index (χ0n) is 25.8. The smallest absolute Gasteiger partial charge is 0.136 e. The summed E-state index contributed by atoms with van der Waals surface area (Å²) in [6.45, 7) is 4.74. The molecule has 0 atom stereocenters. The van der Waals surface area contributed by atoms with Gasteiger partial charge in [0.05, 0.1) is 0 Å². The van der Waals surface area contributed by atoms with Crippen LogP contribution in [0.15, 0.2) is 150 Å². The molecule has 0 radical (unpaired) electrons. The maximum atomic E-state index is 6.34. The van der Waals surface area contributed by atoms with Crippen LogP contribution >= 0.6 is 0 Å². The van der Waals surface area contributed by atoms with Crippen molar-refractivity contribution < 1.29 is 4.42 Å². The Morgan fingerprint density at radius 3 is 1.80 bits per heavy atom. The molecule has 0 amide bonds. The molecule has 0 spiro atoms. The molecule has 1 aromatic heterocycles. The van der Waals surface area contributed by atoms with E-state index in [0.717, 1.165) is 16.6 Å². The van der Waals surface area contributed by atoms with Gasteiger partial charge in [-0.15, -0.1) is 0 Å². The highest BCUT2D eigenvalue weighted by atomic mass is 16.3. The average molecular weight is 587 g/mol. The second-order valence-electron chi connectivity index (χ2n) is 13.2. The van der Waals surface area contributed by atoms with Crippen LogP contribution < -0.4 is 0 Å². The lowest BCUT2D eigenvalue weighted by molar-refractivity contribution is 0.666. The highest BCUT2D eigenvalue weighted by Gasteiger charge is 2.36. The summed E-state index contributed by atoms with van der Waals surface area (Å²) in [5.74, 6) is 0. The van der Waals surface area contributed by atoms with E-state index in [1.807, 2.05) is 6.07 Å². The van der Waals surface area contributed by atoms with Crippen LogP contribution in [0, 0.1) is 0 Å². The molecule has 8 aromatic carbocycles. The van der Waals surface area contributed by atoms with Gasteiger partial charge in [-0.25, -0.2) is 0 Å². The summed E-state index contributed by atoms with van der Waals surface area (Å²) < 4.78 is 6.34. The Kier molecular flexibility index (Phi) is 5.12. The molecule has 46 heavy (non-hydrogen) atoms. The minimum Gasteiger partial charge on any atom is -0.456 e. The summed E-state index contributed by atoms with van der Waals surface area (Å²) in [6.07, 6.45) is 0. The Morgan fingerprint density at radius 1 is 0.435 bits per heavy atom. The van der Waals surface area contributed by atoms with Gasteiger partial charge >= 0.3 is 0 Å². The highest BCUT2D eigenvalue weighted by molar-refractivity contribution is 6.25. The first-order chi connectivity index (χ1) is 22.6. The monoisotopic (exact) mass is 586 g/mol. The van der Waals surface area contributed by atoms with Crippen LogP contribution in [0.3, 0.4) is 0 Å². The van der Waals surface area contributed by atoms with Crippen LogP contribution in [-0.4, -0.2) is 0 Å². The van der Waals surface area contributed by atoms with Crippen molar-refractivity contribution in [3.8, 4) is 33.4 Å². The van der Waals surface area contributed by atoms with Crippen molar-refractivity contribution in [2.24, 2.45) is 0 Å². The number of hydrogen-bond donors (Lipinski definition) is 0. The van der Waals surface area contributed by atoms with E-state index in [0.29, 0.717) is 0 Å². The van der Waals surface area contributed by atoms with Gasteiger partial charge in [0.1, 0.15) is 11.2 Å². The summed E-state index contributed by atoms with van der Waals surface area (Å²) >= 11 is 0. The predicted molar refractivity (Wildman–Crippen MR) is 195 cm³/mol. The predicted octanol–water partition coefficient (Wildman–Crippen LogP) is 12.7. The van der Waals surface area contributed by atoms with E-state index in [9.17, 15) is 0 Å². The summed E-state index contributed by atoms with van der Waals surface area (Å²) in [5.41, 5.74) is 12.3. The number of para-hydroxylation sites is 1. The van der Waals surface area contributed by atoms with E-state index >= 15 is 0 Å². The number of furan rings is 1. The molecule has 1 aliphatic carbocycles. The molecule has 0 N–H and O–H groups in total. The van der Waals surface area contributed by atoms with Gasteiger partial charge in [-0.3, -0.25) is 0 Å². The Balaban J connectivity index is 1.27. The molecule has 1 aliphatic rings. The minimum atomic E-state index is -0.0493. The van der Waals surface area contributed by atoms with Crippen LogP contribution in [0.4, 0.5) is 0 Å². The Bertz CT molecular complexity index is 2660. The van der Waals surface area contributed by atoms with E-state index in [1.165, 1.54) is 82.2 Å². The van der Waals surface area contributed by atoms with Gasteiger partial charge in [0, 0.05) is 16.2 Å². The second kappa shape index (κ2) is 9.19. The lowest BCUT2D eigenvalue weighted by Crippen LogP contribution is -2.15. The first-order valence-corrected chi connectivity index (χ1v) is 16.1. The summed E-state index contributed by atoms with van der Waals surface area (Å²) in [5, 5.41) is 9.96. The third-order valence-corrected chi connectivity index (χ3v) is 10.4. The van der Waals surface area contributed by atoms with Crippen LogP contribution in [0.5, 0.6) is 0 Å². The topological polar surface area (TPSA) is 13.1 Å². The largest absolute Gasteiger partial charge is 0.456 e. The Labute approximate surface area is 267 Å². The van der Waals surface area contributed by atoms with Crippen molar-refractivity contribution in [3.05, 3.63) is 157 Å². The van der Waals surface area contributed by atoms with E-state index in [2.05, 4.69) is 153 Å². The van der Waals surface area contributed by atoms with Crippen LogP contribution in [0.25, 0.3) is 87.6 Å². The molecule has 0 unspecified atom stereocenters. The SMILES string of the molecule is CC1(C)c2ccccc2-c2ccc3cc(-c4c5ccccc5c(-c5cccc6oc7ccccc7c56)c5ccccc45)ccc3c21. The summed E-state index contributed by atoms with van der Waals surface area (Å²) in [6, 6.07) is 53.4. The van der Waals surface area contributed by atoms with Gasteiger partial charge in [-0.2, -0.15) is 0 Å². The molecule has 0 saturated heterocycles. The number of fused-ring (bicyclic) bond motifs is 10. The molecule has 9 aromatic rings. The molecular formula is C45H30O. The maximum absolute atomic E-state index is 6.34. The van der Waals surface area contributed by atoms with Gasteiger partial charge in [0.2, 0.25) is 0 Å². The molecule has 10 rings (SSSR count). The molecule has 0 fully saturated rings. The van der Waals surface area contributed by atoms with Gasteiger partial charge in [0.25, 0.3) is 0 Å². The first-order valence-electron chi connectivity index (χ1n) is 16.1. The zero-order chi connectivity index (χ0) is 30.6. The lowest BCUT2D eigenvalue weighted by Gasteiger charge is -2.23. The molecule has 1 heterocycles. The van der Waals surface area contributed by atoms with Crippen molar-refractivity contribution >= 4 is 54.3 Å². The second-order valence-corrected chi connectivity index (χ2v) is 13.2. The summed E-state index contributed by atoms with van der Waals surface area (Å²) in [7, 11) is 0. The van der Waals surface area contributed by atoms with E-state index in [4.69, 9.17) is 4.42 Å². The van der Waals surface area contributed by atoms with Crippen molar-refractivity contribution in [3.63, 3.8) is 0 Å². The zero-order valence-corrected chi connectivity index (χ0v) is 25.8. The standard InChI is InChI=1S/C45H30O/c1-45(2)38-19-9-7-12-30(38)35-25-22-27-26-28(23-24-29(27)44(35)45)41-31-13-3-5-15-33(31)42(34-16-6-4-14-32(34)41)37-18-11-21-40-43(37)36-17-8-10-20-39(36)46-40/h3-26H,1-2H3. The van der Waals surface area contributed by atoms with E-state index < -0.39 is 0 Å². The highest BCUT2D eigenvalue weighted by Crippen LogP contribution is 2.52. The normalized spacial score (nSPS) is 13.6. The fraction of sp³-hybridized carbons (Fsp3) is 0.0667. The fourth-order valence-electron chi connectivity index (χ4n) is 8.49. The van der Waals surface area contributed by atoms with Crippen LogP contribution in [0.1, 0.15) is 25.0 Å². The van der Waals surface area contributed by atoms with Crippen molar-refractivity contribution in [2.75, 3.05) is 0 Å². The molecule has 0 aliphatic heterocycles. The van der Waals surface area contributed by atoms with Crippen molar-refractivity contribution in [1.29, 1.82) is 0 Å². The Hall–Kier alpha value is -5.66. The van der Waals surface area contributed by atoms with Crippen molar-refractivity contribution in [2.45, 2.75) is 19.3 Å². The van der Waals surface area contributed by atoms with Crippen LogP contribution in [-0.2, 0) is 5.41 Å². The lowest BCUT2D eigenvalue weighted by atomic mass is 9.79. The average Bonchev–Trinajstić information content (AvgIpc) is 3.59. The van der Waals surface area contributed by atoms with E-state index in [-0.39, 0.29) is 5.41 Å². The van der Waals surface area contributed by atoms with Gasteiger partial charge in [0.15, 0.2) is 0 Å². The van der Waals surface area contributed by atoms with E-state index in [1.54, 1.807) is 0 Å². The Morgan fingerprint density at radius 2 is 1.04 bits per heavy atom. The van der Waals surface area contributed by atoms with Gasteiger partial charge < -0.3 is 4.42 Å². The van der Waals surface area contributed by atoms with Crippen LogP contribution in [0.2, 0.25) is 0 Å². The maximum Gasteiger partial charge on any atom is 0.136 e. The molecule has 216 valence electrons. The molecule has 0 bridgehead atoms. The number of hydrogen-bond acceptors (Lipinski definition) is 1. The summed E-state index contributed by atoms with van der Waals surface area (Å²) in [4.78, 5) is 0. The fourth-order valence-corrected chi connectivity index (χ4v) is 8.49. The third kappa shape index (κ3) is 3.35.